The maximum absolute atomic E-state index is 13.0. The Hall–Kier alpha value is -3.01. The van der Waals surface area contributed by atoms with E-state index in [0.29, 0.717) is 24.1 Å². The van der Waals surface area contributed by atoms with Crippen LogP contribution in [0.5, 0.6) is 0 Å². The van der Waals surface area contributed by atoms with E-state index in [-0.39, 0.29) is 17.2 Å². The molecule has 1 heterocycles. The number of hydrogen-bond acceptors (Lipinski definition) is 6. The highest BCUT2D eigenvalue weighted by Gasteiger charge is 2.32. The second-order valence-electron chi connectivity index (χ2n) is 7.38. The molecule has 7 nitrogen and oxygen atoms in total. The summed E-state index contributed by atoms with van der Waals surface area (Å²) in [4.78, 5) is 23.0. The lowest BCUT2D eigenvalue weighted by Crippen LogP contribution is -2.34. The lowest BCUT2D eigenvalue weighted by Gasteiger charge is -2.28. The van der Waals surface area contributed by atoms with E-state index in [1.807, 2.05) is 6.92 Å². The van der Waals surface area contributed by atoms with Gasteiger partial charge < -0.3 is 15.6 Å². The predicted molar refractivity (Wildman–Crippen MR) is 99.0 cm³/mol. The molecular formula is C20H20F3N3O4. The molecule has 0 aliphatic heterocycles. The number of hydrogen-bond donors (Lipinski definition) is 2. The number of rotatable bonds is 5. The molecule has 0 radical (unpaired) electrons. The number of fused-ring (bicyclic) bond motifs is 1. The van der Waals surface area contributed by atoms with Crippen LogP contribution in [0, 0.1) is 5.92 Å². The van der Waals surface area contributed by atoms with Gasteiger partial charge in [0, 0.05) is 11.1 Å². The predicted octanol–water partition coefficient (Wildman–Crippen LogP) is 3.13. The number of benzene rings is 1. The quantitative estimate of drug-likeness (QED) is 0.710. The number of aromatic nitrogens is 2. The van der Waals surface area contributed by atoms with Gasteiger partial charge in [0.1, 0.15) is 12.1 Å². The fourth-order valence-electron chi connectivity index (χ4n) is 3.36. The Kier molecular flexibility index (Phi) is 6.06. The minimum absolute atomic E-state index is 0.122. The smallest absolute Gasteiger partial charge is 0.416 e. The van der Waals surface area contributed by atoms with Gasteiger partial charge in [0.25, 0.3) is 0 Å². The van der Waals surface area contributed by atoms with Crippen molar-refractivity contribution >= 4 is 11.9 Å². The van der Waals surface area contributed by atoms with E-state index in [1.54, 1.807) is 6.07 Å². The van der Waals surface area contributed by atoms with Crippen LogP contribution < -0.4 is 5.73 Å². The third-order valence-electron chi connectivity index (χ3n) is 4.87. The molecule has 3 rings (SSSR count). The summed E-state index contributed by atoms with van der Waals surface area (Å²) in [5, 5.41) is 17.0. The van der Waals surface area contributed by atoms with Gasteiger partial charge in [0.15, 0.2) is 0 Å². The Bertz CT molecular complexity index is 965. The molecule has 1 aliphatic carbocycles. The van der Waals surface area contributed by atoms with Crippen molar-refractivity contribution in [3.8, 4) is 11.3 Å². The van der Waals surface area contributed by atoms with Crippen LogP contribution in [0.15, 0.2) is 30.3 Å². The maximum Gasteiger partial charge on any atom is 0.416 e. The summed E-state index contributed by atoms with van der Waals surface area (Å²) in [6, 6.07) is 4.91. The van der Waals surface area contributed by atoms with E-state index in [1.165, 1.54) is 12.1 Å². The number of carboxylic acids is 1. The molecule has 0 saturated carbocycles. The molecule has 0 bridgehead atoms. The van der Waals surface area contributed by atoms with E-state index in [0.717, 1.165) is 12.1 Å². The second kappa shape index (κ2) is 8.39. The monoisotopic (exact) mass is 423 g/mol. The number of aliphatic carboxylic acids is 1. The highest BCUT2D eigenvalue weighted by atomic mass is 19.4. The average Bonchev–Trinajstić information content (AvgIpc) is 2.67. The third kappa shape index (κ3) is 4.93. The summed E-state index contributed by atoms with van der Waals surface area (Å²) >= 11 is 0. The molecule has 10 heteroatoms. The molecule has 160 valence electrons. The highest BCUT2D eigenvalue weighted by Crippen LogP contribution is 2.37. The molecule has 2 aromatic rings. The van der Waals surface area contributed by atoms with Gasteiger partial charge in [-0.2, -0.15) is 23.4 Å². The average molecular weight is 423 g/mol. The van der Waals surface area contributed by atoms with Crippen molar-refractivity contribution in [2.75, 3.05) is 0 Å². The Morgan fingerprint density at radius 1 is 1.30 bits per heavy atom. The third-order valence-corrected chi connectivity index (χ3v) is 4.87. The van der Waals surface area contributed by atoms with Gasteiger partial charge in [-0.3, -0.25) is 9.59 Å². The number of carbonyl (C=O) groups is 2. The minimum Gasteiger partial charge on any atom is -0.480 e. The zero-order valence-corrected chi connectivity index (χ0v) is 16.0. The number of alkyl halides is 3. The van der Waals surface area contributed by atoms with E-state index in [9.17, 15) is 22.8 Å². The molecule has 0 spiro atoms. The maximum atomic E-state index is 13.0. The summed E-state index contributed by atoms with van der Waals surface area (Å²) in [6.07, 6.45) is -4.65. The van der Waals surface area contributed by atoms with Crippen LogP contribution >= 0.6 is 0 Å². The number of esters is 1. The Labute approximate surface area is 170 Å². The first-order chi connectivity index (χ1) is 14.0. The van der Waals surface area contributed by atoms with E-state index >= 15 is 0 Å². The summed E-state index contributed by atoms with van der Waals surface area (Å²) in [6.45, 7) is 1.94. The molecule has 30 heavy (non-hydrogen) atoms. The van der Waals surface area contributed by atoms with Crippen molar-refractivity contribution in [3.63, 3.8) is 0 Å². The molecule has 3 atom stereocenters. The zero-order chi connectivity index (χ0) is 22.1. The van der Waals surface area contributed by atoms with Crippen LogP contribution in [-0.2, 0) is 26.9 Å². The number of halogens is 3. The zero-order valence-electron chi connectivity index (χ0n) is 16.0. The molecule has 3 N–H and O–H groups in total. The minimum atomic E-state index is -4.49. The Balaban J connectivity index is 1.90. The second-order valence-corrected chi connectivity index (χ2v) is 7.38. The summed E-state index contributed by atoms with van der Waals surface area (Å²) in [7, 11) is 0. The van der Waals surface area contributed by atoms with Crippen LogP contribution in [0.2, 0.25) is 0 Å². The SMILES string of the molecule is CC1Cc2nnc(-c3cccc(C(F)(F)F)c3)cc2C(OC(=O)CC(N)C(=O)O)C1. The molecule has 0 fully saturated rings. The van der Waals surface area contributed by atoms with Crippen molar-refractivity contribution in [2.45, 2.75) is 44.5 Å². The van der Waals surface area contributed by atoms with E-state index < -0.39 is 42.2 Å². The van der Waals surface area contributed by atoms with Crippen molar-refractivity contribution in [1.29, 1.82) is 0 Å². The van der Waals surface area contributed by atoms with Gasteiger partial charge in [-0.1, -0.05) is 19.1 Å². The van der Waals surface area contributed by atoms with Gasteiger partial charge in [0.05, 0.1) is 23.4 Å². The molecular weight excluding hydrogens is 403 g/mol. The summed E-state index contributed by atoms with van der Waals surface area (Å²) in [5.41, 5.74) is 6.16. The molecule has 0 amide bonds. The van der Waals surface area contributed by atoms with Crippen LogP contribution in [0.4, 0.5) is 13.2 Å². The van der Waals surface area contributed by atoms with Crippen LogP contribution in [0.1, 0.15) is 42.7 Å². The Morgan fingerprint density at radius 2 is 2.03 bits per heavy atom. The molecule has 3 unspecified atom stereocenters. The normalized spacial score (nSPS) is 19.6. The topological polar surface area (TPSA) is 115 Å². The van der Waals surface area contributed by atoms with Gasteiger partial charge >= 0.3 is 18.1 Å². The van der Waals surface area contributed by atoms with Gasteiger partial charge in [-0.25, -0.2) is 0 Å². The number of nitrogens with zero attached hydrogens (tertiary/aromatic N) is 2. The fraction of sp³-hybridized carbons (Fsp3) is 0.400. The van der Waals surface area contributed by atoms with Crippen LogP contribution in [-0.4, -0.2) is 33.3 Å². The largest absolute Gasteiger partial charge is 0.480 e. The first kappa shape index (κ1) is 21.7. The van der Waals surface area contributed by atoms with Crippen molar-refractivity contribution in [1.82, 2.24) is 10.2 Å². The summed E-state index contributed by atoms with van der Waals surface area (Å²) in [5.74, 6) is -1.97. The Morgan fingerprint density at radius 3 is 2.70 bits per heavy atom. The first-order valence-electron chi connectivity index (χ1n) is 9.26. The fourth-order valence-corrected chi connectivity index (χ4v) is 3.36. The van der Waals surface area contributed by atoms with Crippen LogP contribution in [0.3, 0.4) is 0 Å². The van der Waals surface area contributed by atoms with E-state index in [4.69, 9.17) is 15.6 Å². The summed E-state index contributed by atoms with van der Waals surface area (Å²) < 4.78 is 44.5. The lowest BCUT2D eigenvalue weighted by molar-refractivity contribution is -0.154. The van der Waals surface area contributed by atoms with Crippen molar-refractivity contribution in [3.05, 3.63) is 47.2 Å². The lowest BCUT2D eigenvalue weighted by atomic mass is 9.85. The molecule has 0 saturated heterocycles. The number of ether oxygens (including phenoxy) is 1. The number of nitrogens with two attached hydrogens (primary N) is 1. The molecule has 1 aromatic heterocycles. The standard InChI is InChI=1S/C20H20F3N3O4/c1-10-5-16-13(17(6-10)30-18(27)9-14(24)19(28)29)8-15(25-26-16)11-3-2-4-12(7-11)20(21,22)23/h2-4,7-8,10,14,17H,5-6,9,24H2,1H3,(H,28,29). The van der Waals surface area contributed by atoms with Gasteiger partial charge in [0.2, 0.25) is 0 Å². The first-order valence-corrected chi connectivity index (χ1v) is 9.26. The van der Waals surface area contributed by atoms with Gasteiger partial charge in [-0.15, -0.1) is 0 Å². The number of carboxylic acid groups (broad SMARTS) is 1. The van der Waals surface area contributed by atoms with Crippen molar-refractivity contribution in [2.24, 2.45) is 11.7 Å². The highest BCUT2D eigenvalue weighted by molar-refractivity contribution is 5.81. The molecule has 1 aromatic carbocycles. The molecule has 1 aliphatic rings. The van der Waals surface area contributed by atoms with Crippen LogP contribution in [0.25, 0.3) is 11.3 Å². The van der Waals surface area contributed by atoms with E-state index in [2.05, 4.69) is 10.2 Å². The van der Waals surface area contributed by atoms with Crippen molar-refractivity contribution < 1.29 is 32.6 Å². The van der Waals surface area contributed by atoms with Gasteiger partial charge in [-0.05, 0) is 37.0 Å². The number of carbonyl (C=O) groups excluding carboxylic acids is 1.